The number of carbonyl (C=O) groups is 2. The van der Waals surface area contributed by atoms with E-state index in [-0.39, 0.29) is 5.69 Å². The van der Waals surface area contributed by atoms with Gasteiger partial charge in [-0.3, -0.25) is 10.1 Å². The number of halogens is 1. The summed E-state index contributed by atoms with van der Waals surface area (Å²) in [5, 5.41) is 7.32. The van der Waals surface area contributed by atoms with Gasteiger partial charge in [0.05, 0.1) is 5.69 Å². The summed E-state index contributed by atoms with van der Waals surface area (Å²) in [5.74, 6) is -0.955. The number of amides is 3. The van der Waals surface area contributed by atoms with Crippen molar-refractivity contribution in [2.45, 2.75) is 26.8 Å². The minimum atomic E-state index is -0.722. The lowest BCUT2D eigenvalue weighted by Crippen LogP contribution is -2.45. The maximum absolute atomic E-state index is 13.6. The standard InChI is InChI=1S/C13H18FN3O2/c1-4-15-13(19)17-12(18)9(3)16-11-6-5-8(2)7-10(11)14/h5-7,9,16H,4H2,1-3H3,(H2,15,17,18,19). The fourth-order valence-electron chi connectivity index (χ4n) is 1.46. The predicted molar refractivity (Wildman–Crippen MR) is 71.4 cm³/mol. The number of urea groups is 1. The van der Waals surface area contributed by atoms with Gasteiger partial charge < -0.3 is 10.6 Å². The molecular formula is C13H18FN3O2. The van der Waals surface area contributed by atoms with Crippen LogP contribution in [0.15, 0.2) is 18.2 Å². The van der Waals surface area contributed by atoms with Gasteiger partial charge in [-0.25, -0.2) is 9.18 Å². The maximum atomic E-state index is 13.6. The topological polar surface area (TPSA) is 70.2 Å². The third kappa shape index (κ3) is 4.57. The van der Waals surface area contributed by atoms with Gasteiger partial charge in [0.2, 0.25) is 5.91 Å². The Morgan fingerprint density at radius 1 is 1.37 bits per heavy atom. The molecular weight excluding hydrogens is 249 g/mol. The second-order valence-corrected chi connectivity index (χ2v) is 4.20. The van der Waals surface area contributed by atoms with Crippen molar-refractivity contribution in [2.24, 2.45) is 0 Å². The van der Waals surface area contributed by atoms with Crippen LogP contribution in [-0.2, 0) is 4.79 Å². The first-order chi connectivity index (χ1) is 8.93. The van der Waals surface area contributed by atoms with E-state index >= 15 is 0 Å². The number of anilines is 1. The Morgan fingerprint density at radius 2 is 2.05 bits per heavy atom. The molecule has 1 aromatic carbocycles. The monoisotopic (exact) mass is 267 g/mol. The summed E-state index contributed by atoms with van der Waals surface area (Å²) in [6, 6.07) is 3.38. The molecule has 0 spiro atoms. The van der Waals surface area contributed by atoms with Crippen LogP contribution >= 0.6 is 0 Å². The molecule has 0 saturated heterocycles. The summed E-state index contributed by atoms with van der Waals surface area (Å²) >= 11 is 0. The lowest BCUT2D eigenvalue weighted by molar-refractivity contribution is -0.120. The van der Waals surface area contributed by atoms with E-state index in [1.54, 1.807) is 32.9 Å². The largest absolute Gasteiger partial charge is 0.372 e. The fraction of sp³-hybridized carbons (Fsp3) is 0.385. The molecule has 0 saturated carbocycles. The summed E-state index contributed by atoms with van der Waals surface area (Å²) in [6.45, 7) is 5.49. The van der Waals surface area contributed by atoms with Gasteiger partial charge in [-0.15, -0.1) is 0 Å². The molecule has 1 unspecified atom stereocenters. The minimum absolute atomic E-state index is 0.226. The molecule has 5 nitrogen and oxygen atoms in total. The normalized spacial score (nSPS) is 11.6. The van der Waals surface area contributed by atoms with Crippen LogP contribution in [0.2, 0.25) is 0 Å². The number of carbonyl (C=O) groups excluding carboxylic acids is 2. The van der Waals surface area contributed by atoms with E-state index in [4.69, 9.17) is 0 Å². The van der Waals surface area contributed by atoms with E-state index in [1.807, 2.05) is 0 Å². The Kier molecular flexibility index (Phi) is 5.29. The number of hydrogen-bond acceptors (Lipinski definition) is 3. The zero-order valence-electron chi connectivity index (χ0n) is 11.2. The number of hydrogen-bond donors (Lipinski definition) is 3. The summed E-state index contributed by atoms with van der Waals surface area (Å²) in [6.07, 6.45) is 0. The van der Waals surface area contributed by atoms with Crippen molar-refractivity contribution in [3.8, 4) is 0 Å². The van der Waals surface area contributed by atoms with Crippen LogP contribution in [0.25, 0.3) is 0 Å². The highest BCUT2D eigenvalue weighted by Gasteiger charge is 2.16. The van der Waals surface area contributed by atoms with Crippen molar-refractivity contribution >= 4 is 17.6 Å². The third-order valence-corrected chi connectivity index (χ3v) is 2.46. The highest BCUT2D eigenvalue weighted by Crippen LogP contribution is 2.16. The summed E-state index contributed by atoms with van der Waals surface area (Å²) in [7, 11) is 0. The van der Waals surface area contributed by atoms with Crippen LogP contribution in [0.1, 0.15) is 19.4 Å². The van der Waals surface area contributed by atoms with Crippen LogP contribution in [0, 0.1) is 12.7 Å². The van der Waals surface area contributed by atoms with E-state index in [0.29, 0.717) is 6.54 Å². The molecule has 19 heavy (non-hydrogen) atoms. The van der Waals surface area contributed by atoms with Gasteiger partial charge in [0.25, 0.3) is 0 Å². The smallest absolute Gasteiger partial charge is 0.321 e. The zero-order valence-corrected chi connectivity index (χ0v) is 11.2. The van der Waals surface area contributed by atoms with Crippen molar-refractivity contribution in [1.29, 1.82) is 0 Å². The molecule has 0 fully saturated rings. The SMILES string of the molecule is CCNC(=O)NC(=O)C(C)Nc1ccc(C)cc1F. The maximum Gasteiger partial charge on any atom is 0.321 e. The molecule has 0 heterocycles. The highest BCUT2D eigenvalue weighted by atomic mass is 19.1. The lowest BCUT2D eigenvalue weighted by Gasteiger charge is -2.15. The molecule has 6 heteroatoms. The summed E-state index contributed by atoms with van der Waals surface area (Å²) in [5.41, 5.74) is 1.02. The Labute approximate surface area is 111 Å². The van der Waals surface area contributed by atoms with Gasteiger partial charge in [0.1, 0.15) is 11.9 Å². The second-order valence-electron chi connectivity index (χ2n) is 4.20. The van der Waals surface area contributed by atoms with Crippen LogP contribution < -0.4 is 16.0 Å². The molecule has 3 N–H and O–H groups in total. The van der Waals surface area contributed by atoms with E-state index in [9.17, 15) is 14.0 Å². The van der Waals surface area contributed by atoms with Gasteiger partial charge in [0, 0.05) is 6.54 Å². The van der Waals surface area contributed by atoms with E-state index in [0.717, 1.165) is 5.56 Å². The molecule has 1 aromatic rings. The fourth-order valence-corrected chi connectivity index (χ4v) is 1.46. The van der Waals surface area contributed by atoms with Gasteiger partial charge in [-0.05, 0) is 38.5 Å². The molecule has 0 aliphatic rings. The van der Waals surface area contributed by atoms with Gasteiger partial charge in [0.15, 0.2) is 0 Å². The number of benzene rings is 1. The van der Waals surface area contributed by atoms with Crippen molar-refractivity contribution in [1.82, 2.24) is 10.6 Å². The average molecular weight is 267 g/mol. The quantitative estimate of drug-likeness (QED) is 0.778. The summed E-state index contributed by atoms with van der Waals surface area (Å²) in [4.78, 5) is 22.8. The van der Waals surface area contributed by atoms with Gasteiger partial charge in [-0.1, -0.05) is 6.07 Å². The summed E-state index contributed by atoms with van der Waals surface area (Å²) < 4.78 is 13.6. The molecule has 3 amide bonds. The van der Waals surface area contributed by atoms with Crippen molar-refractivity contribution in [3.63, 3.8) is 0 Å². The lowest BCUT2D eigenvalue weighted by atomic mass is 10.2. The second kappa shape index (κ2) is 6.72. The molecule has 0 aliphatic heterocycles. The van der Waals surface area contributed by atoms with E-state index in [1.165, 1.54) is 6.07 Å². The Bertz CT molecular complexity index is 477. The number of imide groups is 1. The Balaban J connectivity index is 2.61. The molecule has 1 rings (SSSR count). The number of rotatable bonds is 4. The first kappa shape index (κ1) is 14.9. The van der Waals surface area contributed by atoms with Crippen molar-refractivity contribution < 1.29 is 14.0 Å². The Morgan fingerprint density at radius 3 is 2.63 bits per heavy atom. The molecule has 0 aromatic heterocycles. The average Bonchev–Trinajstić information content (AvgIpc) is 2.32. The first-order valence-electron chi connectivity index (χ1n) is 6.05. The van der Waals surface area contributed by atoms with Gasteiger partial charge >= 0.3 is 6.03 Å². The van der Waals surface area contributed by atoms with Crippen LogP contribution in [0.4, 0.5) is 14.9 Å². The van der Waals surface area contributed by atoms with E-state index < -0.39 is 23.8 Å². The number of aryl methyl sites for hydroxylation is 1. The Hall–Kier alpha value is -2.11. The van der Waals surface area contributed by atoms with Crippen molar-refractivity contribution in [2.75, 3.05) is 11.9 Å². The first-order valence-corrected chi connectivity index (χ1v) is 6.05. The highest BCUT2D eigenvalue weighted by molar-refractivity contribution is 5.97. The minimum Gasteiger partial charge on any atom is -0.372 e. The predicted octanol–water partition coefficient (Wildman–Crippen LogP) is 1.78. The number of nitrogens with one attached hydrogen (secondary N) is 3. The van der Waals surface area contributed by atoms with Crippen LogP contribution in [-0.4, -0.2) is 24.5 Å². The molecule has 0 radical (unpaired) electrons. The molecule has 1 atom stereocenters. The molecule has 104 valence electrons. The third-order valence-electron chi connectivity index (χ3n) is 2.46. The zero-order chi connectivity index (χ0) is 14.4. The van der Waals surface area contributed by atoms with Gasteiger partial charge in [-0.2, -0.15) is 0 Å². The van der Waals surface area contributed by atoms with E-state index in [2.05, 4.69) is 16.0 Å². The van der Waals surface area contributed by atoms with Crippen LogP contribution in [0.5, 0.6) is 0 Å². The van der Waals surface area contributed by atoms with Crippen molar-refractivity contribution in [3.05, 3.63) is 29.6 Å². The molecule has 0 bridgehead atoms. The van der Waals surface area contributed by atoms with Crippen LogP contribution in [0.3, 0.4) is 0 Å². The molecule has 0 aliphatic carbocycles.